The number of nitrogen functional groups attached to an aromatic ring is 1. The molecule has 5 nitrogen and oxygen atoms in total. The highest BCUT2D eigenvalue weighted by molar-refractivity contribution is 5.92. The quantitative estimate of drug-likeness (QED) is 0.686. The van der Waals surface area contributed by atoms with Crippen molar-refractivity contribution in [3.8, 4) is 11.1 Å². The van der Waals surface area contributed by atoms with E-state index in [9.17, 15) is 5.11 Å². The molecule has 0 atom stereocenters. The summed E-state index contributed by atoms with van der Waals surface area (Å²) in [6.45, 7) is 0.0282. The molecule has 0 bridgehead atoms. The SMILES string of the molecule is CNc1nc(N)nc2cc(-c3cccc(CO)c3)ccc12. The summed E-state index contributed by atoms with van der Waals surface area (Å²) >= 11 is 0. The van der Waals surface area contributed by atoms with Gasteiger partial charge in [0.05, 0.1) is 12.1 Å². The van der Waals surface area contributed by atoms with Gasteiger partial charge in [-0.3, -0.25) is 0 Å². The molecule has 0 aliphatic carbocycles. The maximum Gasteiger partial charge on any atom is 0.222 e. The first kappa shape index (κ1) is 13.3. The fourth-order valence-electron chi connectivity index (χ4n) is 2.37. The fraction of sp³-hybridized carbons (Fsp3) is 0.125. The third kappa shape index (κ3) is 2.51. The van der Waals surface area contributed by atoms with Crippen molar-refractivity contribution in [3.63, 3.8) is 0 Å². The average Bonchev–Trinajstić information content (AvgIpc) is 2.53. The maximum atomic E-state index is 9.24. The smallest absolute Gasteiger partial charge is 0.222 e. The summed E-state index contributed by atoms with van der Waals surface area (Å²) in [6.07, 6.45) is 0. The molecule has 1 heterocycles. The number of nitrogens with two attached hydrogens (primary N) is 1. The lowest BCUT2D eigenvalue weighted by Gasteiger charge is -2.08. The zero-order valence-corrected chi connectivity index (χ0v) is 11.7. The van der Waals surface area contributed by atoms with E-state index >= 15 is 0 Å². The van der Waals surface area contributed by atoms with Crippen LogP contribution in [-0.2, 0) is 6.61 Å². The molecule has 5 heteroatoms. The lowest BCUT2D eigenvalue weighted by Crippen LogP contribution is -2.01. The first-order chi connectivity index (χ1) is 10.2. The molecule has 0 radical (unpaired) electrons. The van der Waals surface area contributed by atoms with Gasteiger partial charge in [-0.1, -0.05) is 24.3 Å². The Bertz CT molecular complexity index is 801. The molecule has 106 valence electrons. The number of aliphatic hydroxyl groups excluding tert-OH is 1. The number of anilines is 2. The predicted octanol–water partition coefficient (Wildman–Crippen LogP) is 2.41. The minimum atomic E-state index is 0.0282. The van der Waals surface area contributed by atoms with E-state index in [-0.39, 0.29) is 12.6 Å². The van der Waals surface area contributed by atoms with Gasteiger partial charge in [0, 0.05) is 12.4 Å². The lowest BCUT2D eigenvalue weighted by atomic mass is 10.0. The van der Waals surface area contributed by atoms with Gasteiger partial charge < -0.3 is 16.2 Å². The first-order valence-electron chi connectivity index (χ1n) is 6.66. The van der Waals surface area contributed by atoms with Crippen LogP contribution in [0.4, 0.5) is 11.8 Å². The summed E-state index contributed by atoms with van der Waals surface area (Å²) in [6, 6.07) is 13.8. The second kappa shape index (κ2) is 5.38. The molecular formula is C16H16N4O. The van der Waals surface area contributed by atoms with Crippen molar-refractivity contribution >= 4 is 22.7 Å². The molecule has 0 saturated heterocycles. The highest BCUT2D eigenvalue weighted by atomic mass is 16.3. The van der Waals surface area contributed by atoms with Gasteiger partial charge in [0.1, 0.15) is 5.82 Å². The Balaban J connectivity index is 2.16. The molecule has 1 aromatic heterocycles. The topological polar surface area (TPSA) is 84.1 Å². The first-order valence-corrected chi connectivity index (χ1v) is 6.66. The Morgan fingerprint density at radius 2 is 1.90 bits per heavy atom. The minimum Gasteiger partial charge on any atom is -0.392 e. The lowest BCUT2D eigenvalue weighted by molar-refractivity contribution is 0.282. The van der Waals surface area contributed by atoms with E-state index in [4.69, 9.17) is 5.73 Å². The van der Waals surface area contributed by atoms with Gasteiger partial charge in [-0.2, -0.15) is 4.98 Å². The second-order valence-corrected chi connectivity index (χ2v) is 4.77. The molecular weight excluding hydrogens is 264 g/mol. The van der Waals surface area contributed by atoms with Crippen molar-refractivity contribution in [3.05, 3.63) is 48.0 Å². The van der Waals surface area contributed by atoms with Crippen molar-refractivity contribution in [1.29, 1.82) is 0 Å². The van der Waals surface area contributed by atoms with Crippen molar-refractivity contribution < 1.29 is 5.11 Å². The number of aliphatic hydroxyl groups is 1. The molecule has 0 fully saturated rings. The van der Waals surface area contributed by atoms with Crippen LogP contribution in [-0.4, -0.2) is 22.1 Å². The number of aromatic nitrogens is 2. The standard InChI is InChI=1S/C16H16N4O/c1-18-15-13-6-5-12(8-14(13)19-16(17)20-15)11-4-2-3-10(7-11)9-21/h2-8,21H,9H2,1H3,(H3,17,18,19,20). The number of rotatable bonds is 3. The molecule has 4 N–H and O–H groups in total. The summed E-state index contributed by atoms with van der Waals surface area (Å²) in [5.41, 5.74) is 9.47. The number of fused-ring (bicyclic) bond motifs is 1. The summed E-state index contributed by atoms with van der Waals surface area (Å²) in [7, 11) is 1.81. The van der Waals surface area contributed by atoms with E-state index in [0.717, 1.165) is 27.6 Å². The molecule has 0 aliphatic rings. The zero-order chi connectivity index (χ0) is 14.8. The summed E-state index contributed by atoms with van der Waals surface area (Å²) in [4.78, 5) is 8.46. The van der Waals surface area contributed by atoms with Crippen molar-refractivity contribution in [2.24, 2.45) is 0 Å². The van der Waals surface area contributed by atoms with Crippen molar-refractivity contribution in [1.82, 2.24) is 9.97 Å². The van der Waals surface area contributed by atoms with Crippen LogP contribution >= 0.6 is 0 Å². The average molecular weight is 280 g/mol. The number of hydrogen-bond acceptors (Lipinski definition) is 5. The molecule has 3 aromatic rings. The monoisotopic (exact) mass is 280 g/mol. The van der Waals surface area contributed by atoms with E-state index < -0.39 is 0 Å². The van der Waals surface area contributed by atoms with Crippen molar-refractivity contribution in [2.45, 2.75) is 6.61 Å². The second-order valence-electron chi connectivity index (χ2n) is 4.77. The number of nitrogens with one attached hydrogen (secondary N) is 1. The van der Waals surface area contributed by atoms with E-state index in [2.05, 4.69) is 15.3 Å². The van der Waals surface area contributed by atoms with Crippen LogP contribution in [0.3, 0.4) is 0 Å². The molecule has 0 amide bonds. The summed E-state index contributed by atoms with van der Waals surface area (Å²) in [5.74, 6) is 0.960. The van der Waals surface area contributed by atoms with Crippen LogP contribution in [0.25, 0.3) is 22.0 Å². The molecule has 0 aliphatic heterocycles. The highest BCUT2D eigenvalue weighted by Gasteiger charge is 2.07. The minimum absolute atomic E-state index is 0.0282. The van der Waals surface area contributed by atoms with Crippen molar-refractivity contribution in [2.75, 3.05) is 18.1 Å². The predicted molar refractivity (Wildman–Crippen MR) is 84.9 cm³/mol. The van der Waals surface area contributed by atoms with Gasteiger partial charge >= 0.3 is 0 Å². The van der Waals surface area contributed by atoms with Crippen LogP contribution in [0, 0.1) is 0 Å². The Kier molecular flexibility index (Phi) is 3.41. The van der Waals surface area contributed by atoms with E-state index in [1.165, 1.54) is 0 Å². The number of nitrogens with zero attached hydrogens (tertiary/aromatic N) is 2. The van der Waals surface area contributed by atoms with Gasteiger partial charge in [-0.25, -0.2) is 4.98 Å². The molecule has 0 saturated carbocycles. The Morgan fingerprint density at radius 3 is 2.67 bits per heavy atom. The van der Waals surface area contributed by atoms with Gasteiger partial charge in [0.2, 0.25) is 5.95 Å². The van der Waals surface area contributed by atoms with E-state index in [1.54, 1.807) is 7.05 Å². The van der Waals surface area contributed by atoms with Crippen LogP contribution < -0.4 is 11.1 Å². The molecule has 3 rings (SSSR count). The Hall–Kier alpha value is -2.66. The zero-order valence-electron chi connectivity index (χ0n) is 11.7. The van der Waals surface area contributed by atoms with Gasteiger partial charge in [0.15, 0.2) is 0 Å². The molecule has 21 heavy (non-hydrogen) atoms. The number of hydrogen-bond donors (Lipinski definition) is 3. The van der Waals surface area contributed by atoms with Crippen LogP contribution in [0.5, 0.6) is 0 Å². The molecule has 0 spiro atoms. The van der Waals surface area contributed by atoms with Crippen LogP contribution in [0.1, 0.15) is 5.56 Å². The van der Waals surface area contributed by atoms with Crippen LogP contribution in [0.2, 0.25) is 0 Å². The number of benzene rings is 2. The van der Waals surface area contributed by atoms with Gasteiger partial charge in [-0.05, 0) is 34.9 Å². The van der Waals surface area contributed by atoms with E-state index in [1.807, 2.05) is 42.5 Å². The Labute approximate surface area is 122 Å². The molecule has 0 unspecified atom stereocenters. The fourth-order valence-corrected chi connectivity index (χ4v) is 2.37. The van der Waals surface area contributed by atoms with Gasteiger partial charge in [0.25, 0.3) is 0 Å². The van der Waals surface area contributed by atoms with E-state index in [0.29, 0.717) is 5.82 Å². The van der Waals surface area contributed by atoms with Gasteiger partial charge in [-0.15, -0.1) is 0 Å². The third-order valence-corrected chi connectivity index (χ3v) is 3.39. The van der Waals surface area contributed by atoms with Crippen LogP contribution in [0.15, 0.2) is 42.5 Å². The largest absolute Gasteiger partial charge is 0.392 e. The maximum absolute atomic E-state index is 9.24. The normalized spacial score (nSPS) is 10.8. The highest BCUT2D eigenvalue weighted by Crippen LogP contribution is 2.27. The summed E-state index contributed by atoms with van der Waals surface area (Å²) < 4.78 is 0. The Morgan fingerprint density at radius 1 is 1.10 bits per heavy atom. The molecule has 2 aromatic carbocycles. The summed E-state index contributed by atoms with van der Waals surface area (Å²) in [5, 5.41) is 13.2. The third-order valence-electron chi connectivity index (χ3n) is 3.39.